The zero-order chi connectivity index (χ0) is 10.7. The van der Waals surface area contributed by atoms with Gasteiger partial charge in [0.15, 0.2) is 5.78 Å². The second kappa shape index (κ2) is 4.19. The van der Waals surface area contributed by atoms with E-state index in [4.69, 9.17) is 5.73 Å². The highest BCUT2D eigenvalue weighted by molar-refractivity contribution is 5.89. The summed E-state index contributed by atoms with van der Waals surface area (Å²) in [6.07, 6.45) is 2.14. The van der Waals surface area contributed by atoms with Gasteiger partial charge in [0, 0.05) is 18.0 Å². The van der Waals surface area contributed by atoms with Crippen LogP contribution < -0.4 is 5.73 Å². The molecule has 15 heavy (non-hydrogen) atoms. The largest absolute Gasteiger partial charge is 0.324 e. The number of pyridine rings is 1. The van der Waals surface area contributed by atoms with Crippen LogP contribution in [0.2, 0.25) is 0 Å². The number of rotatable bonds is 3. The van der Waals surface area contributed by atoms with Crippen molar-refractivity contribution in [2.24, 2.45) is 5.73 Å². The molecule has 0 aliphatic rings. The Labute approximate surface area is 87.9 Å². The molecule has 0 radical (unpaired) electrons. The predicted molar refractivity (Wildman–Crippen MR) is 59.5 cm³/mol. The summed E-state index contributed by atoms with van der Waals surface area (Å²) in [7, 11) is 0. The lowest BCUT2D eigenvalue weighted by Gasteiger charge is -2.03. The van der Waals surface area contributed by atoms with Gasteiger partial charge in [-0.1, -0.05) is 18.2 Å². The van der Waals surface area contributed by atoms with E-state index >= 15 is 0 Å². The lowest BCUT2D eigenvalue weighted by molar-refractivity contribution is -0.117. The standard InChI is InChI=1S/C12H12N2O/c13-8-10(15)7-9-3-1-5-12-11(9)4-2-6-14-12/h1-6H,7-8,13H2. The monoisotopic (exact) mass is 200 g/mol. The molecular formula is C12H12N2O. The van der Waals surface area contributed by atoms with E-state index in [1.807, 2.05) is 30.3 Å². The molecule has 0 unspecified atom stereocenters. The number of Topliss-reactive ketones (excluding diaryl/α,β-unsaturated/α-hetero) is 1. The van der Waals surface area contributed by atoms with Gasteiger partial charge in [-0.2, -0.15) is 0 Å². The van der Waals surface area contributed by atoms with Gasteiger partial charge in [0.25, 0.3) is 0 Å². The Bertz CT molecular complexity index is 488. The SMILES string of the molecule is NCC(=O)Cc1cccc2ncccc12. The number of aromatic nitrogens is 1. The smallest absolute Gasteiger partial charge is 0.150 e. The molecular weight excluding hydrogens is 188 g/mol. The van der Waals surface area contributed by atoms with Crippen LogP contribution in [0.5, 0.6) is 0 Å². The predicted octanol–water partition coefficient (Wildman–Crippen LogP) is 1.31. The van der Waals surface area contributed by atoms with Crippen molar-refractivity contribution < 1.29 is 4.79 Å². The first kappa shape index (κ1) is 9.80. The minimum atomic E-state index is 0.0475. The van der Waals surface area contributed by atoms with E-state index in [9.17, 15) is 4.79 Å². The van der Waals surface area contributed by atoms with E-state index in [2.05, 4.69) is 4.98 Å². The lowest BCUT2D eigenvalue weighted by atomic mass is 10.0. The highest BCUT2D eigenvalue weighted by Crippen LogP contribution is 2.16. The maximum Gasteiger partial charge on any atom is 0.150 e. The van der Waals surface area contributed by atoms with Gasteiger partial charge < -0.3 is 5.73 Å². The number of carbonyl (C=O) groups is 1. The fraction of sp³-hybridized carbons (Fsp3) is 0.167. The summed E-state index contributed by atoms with van der Waals surface area (Å²) in [4.78, 5) is 15.5. The average Bonchev–Trinajstić information content (AvgIpc) is 2.29. The summed E-state index contributed by atoms with van der Waals surface area (Å²) in [6, 6.07) is 9.64. The number of nitrogens with two attached hydrogens (primary N) is 1. The second-order valence-corrected chi connectivity index (χ2v) is 3.41. The molecule has 0 saturated carbocycles. The topological polar surface area (TPSA) is 56.0 Å². The molecule has 1 heterocycles. The minimum absolute atomic E-state index is 0.0475. The molecule has 3 heteroatoms. The summed E-state index contributed by atoms with van der Waals surface area (Å²) in [5, 5.41) is 1.03. The molecule has 0 saturated heterocycles. The van der Waals surface area contributed by atoms with Crippen LogP contribution in [0.15, 0.2) is 36.5 Å². The van der Waals surface area contributed by atoms with E-state index in [1.54, 1.807) is 6.20 Å². The van der Waals surface area contributed by atoms with Gasteiger partial charge in [-0.25, -0.2) is 0 Å². The van der Waals surface area contributed by atoms with E-state index in [1.165, 1.54) is 0 Å². The molecule has 2 rings (SSSR count). The first-order valence-corrected chi connectivity index (χ1v) is 4.85. The average molecular weight is 200 g/mol. The Hall–Kier alpha value is -1.74. The number of benzene rings is 1. The van der Waals surface area contributed by atoms with E-state index in [-0.39, 0.29) is 12.3 Å². The molecule has 2 aromatic rings. The van der Waals surface area contributed by atoms with Crippen LogP contribution in [-0.2, 0) is 11.2 Å². The Morgan fingerprint density at radius 3 is 2.93 bits per heavy atom. The Kier molecular flexibility index (Phi) is 2.74. The number of hydrogen-bond acceptors (Lipinski definition) is 3. The van der Waals surface area contributed by atoms with Crippen LogP contribution in [0.1, 0.15) is 5.56 Å². The summed E-state index contributed by atoms with van der Waals surface area (Å²) in [5.74, 6) is 0.0475. The quantitative estimate of drug-likeness (QED) is 0.812. The first-order valence-electron chi connectivity index (χ1n) is 4.85. The third-order valence-corrected chi connectivity index (χ3v) is 2.35. The Balaban J connectivity index is 2.46. The van der Waals surface area contributed by atoms with Gasteiger partial charge in [-0.3, -0.25) is 9.78 Å². The van der Waals surface area contributed by atoms with Crippen molar-refractivity contribution in [1.29, 1.82) is 0 Å². The number of fused-ring (bicyclic) bond motifs is 1. The molecule has 0 spiro atoms. The summed E-state index contributed by atoms with van der Waals surface area (Å²) < 4.78 is 0. The van der Waals surface area contributed by atoms with Gasteiger partial charge >= 0.3 is 0 Å². The van der Waals surface area contributed by atoms with Crippen LogP contribution in [0, 0.1) is 0 Å². The molecule has 0 bridgehead atoms. The fourth-order valence-corrected chi connectivity index (χ4v) is 1.61. The van der Waals surface area contributed by atoms with Gasteiger partial charge in [0.2, 0.25) is 0 Å². The number of nitrogens with zero attached hydrogens (tertiary/aromatic N) is 1. The molecule has 76 valence electrons. The van der Waals surface area contributed by atoms with Crippen molar-refractivity contribution in [1.82, 2.24) is 4.98 Å². The Morgan fingerprint density at radius 2 is 2.13 bits per heavy atom. The number of ketones is 1. The molecule has 0 atom stereocenters. The van der Waals surface area contributed by atoms with Crippen LogP contribution in [-0.4, -0.2) is 17.3 Å². The minimum Gasteiger partial charge on any atom is -0.324 e. The van der Waals surface area contributed by atoms with Crippen molar-refractivity contribution in [3.63, 3.8) is 0 Å². The molecule has 0 amide bonds. The highest BCUT2D eigenvalue weighted by Gasteiger charge is 2.05. The maximum absolute atomic E-state index is 11.3. The van der Waals surface area contributed by atoms with E-state index < -0.39 is 0 Å². The molecule has 1 aromatic carbocycles. The summed E-state index contributed by atoms with van der Waals surface area (Å²) in [5.41, 5.74) is 7.21. The van der Waals surface area contributed by atoms with Gasteiger partial charge in [-0.05, 0) is 17.7 Å². The van der Waals surface area contributed by atoms with Gasteiger partial charge in [0.1, 0.15) is 0 Å². The van der Waals surface area contributed by atoms with Gasteiger partial charge in [-0.15, -0.1) is 0 Å². The fourth-order valence-electron chi connectivity index (χ4n) is 1.61. The normalized spacial score (nSPS) is 10.5. The molecule has 3 nitrogen and oxygen atoms in total. The summed E-state index contributed by atoms with van der Waals surface area (Å²) >= 11 is 0. The molecule has 0 fully saturated rings. The third kappa shape index (κ3) is 2.02. The van der Waals surface area contributed by atoms with Gasteiger partial charge in [0.05, 0.1) is 12.1 Å². The number of hydrogen-bond donors (Lipinski definition) is 1. The zero-order valence-corrected chi connectivity index (χ0v) is 8.31. The number of carbonyl (C=O) groups excluding carboxylic acids is 1. The van der Waals surface area contributed by atoms with Crippen LogP contribution >= 0.6 is 0 Å². The van der Waals surface area contributed by atoms with Crippen LogP contribution in [0.3, 0.4) is 0 Å². The van der Waals surface area contributed by atoms with Crippen molar-refractivity contribution in [2.75, 3.05) is 6.54 Å². The van der Waals surface area contributed by atoms with Crippen molar-refractivity contribution in [2.45, 2.75) is 6.42 Å². The van der Waals surface area contributed by atoms with Crippen molar-refractivity contribution in [3.8, 4) is 0 Å². The molecule has 2 N–H and O–H groups in total. The first-order chi connectivity index (χ1) is 7.31. The highest BCUT2D eigenvalue weighted by atomic mass is 16.1. The molecule has 0 aliphatic carbocycles. The van der Waals surface area contributed by atoms with Crippen molar-refractivity contribution >= 4 is 16.7 Å². The van der Waals surface area contributed by atoms with E-state index in [0.717, 1.165) is 16.5 Å². The van der Waals surface area contributed by atoms with Crippen molar-refractivity contribution in [3.05, 3.63) is 42.1 Å². The Morgan fingerprint density at radius 1 is 1.27 bits per heavy atom. The molecule has 1 aromatic heterocycles. The zero-order valence-electron chi connectivity index (χ0n) is 8.31. The van der Waals surface area contributed by atoms with E-state index in [0.29, 0.717) is 6.42 Å². The second-order valence-electron chi connectivity index (χ2n) is 3.41. The summed E-state index contributed by atoms with van der Waals surface area (Å²) in [6.45, 7) is 0.0939. The molecule has 0 aliphatic heterocycles. The lowest BCUT2D eigenvalue weighted by Crippen LogP contribution is -2.15. The maximum atomic E-state index is 11.3. The van der Waals surface area contributed by atoms with Crippen LogP contribution in [0.25, 0.3) is 10.9 Å². The third-order valence-electron chi connectivity index (χ3n) is 2.35. The van der Waals surface area contributed by atoms with Crippen LogP contribution in [0.4, 0.5) is 0 Å².